The summed E-state index contributed by atoms with van der Waals surface area (Å²) in [6, 6.07) is 0. The number of hydrogen-bond donors (Lipinski definition) is 4. The molecule has 0 radical (unpaired) electrons. The van der Waals surface area contributed by atoms with E-state index in [1.54, 1.807) is 0 Å². The van der Waals surface area contributed by atoms with Crippen molar-refractivity contribution in [1.82, 2.24) is 0 Å². The average Bonchev–Trinajstić information content (AvgIpc) is 1.85. The molecule has 0 rings (SSSR count). The van der Waals surface area contributed by atoms with Gasteiger partial charge >= 0.3 is 13.6 Å². The van der Waals surface area contributed by atoms with Crippen LogP contribution in [0.4, 0.5) is 0 Å². The Bertz CT molecular complexity index is 257. The minimum absolute atomic E-state index is 0.760. The summed E-state index contributed by atoms with van der Waals surface area (Å²) >= 11 is 0. The van der Waals surface area contributed by atoms with Crippen LogP contribution in [0.25, 0.3) is 0 Å². The van der Waals surface area contributed by atoms with Gasteiger partial charge in [0.1, 0.15) is 0 Å². The fourth-order valence-electron chi connectivity index (χ4n) is 0.547. The van der Waals surface area contributed by atoms with Crippen LogP contribution in [-0.4, -0.2) is 26.1 Å². The van der Waals surface area contributed by atoms with E-state index in [0.717, 1.165) is 6.08 Å². The lowest BCUT2D eigenvalue weighted by atomic mass is 10.3. The number of carboxylic acids is 1. The van der Waals surface area contributed by atoms with Crippen LogP contribution in [0.3, 0.4) is 0 Å². The molecule has 0 spiro atoms. The van der Waals surface area contributed by atoms with Gasteiger partial charge < -0.3 is 20.6 Å². The van der Waals surface area contributed by atoms with Crippen LogP contribution >= 0.6 is 7.60 Å². The Kier molecular flexibility index (Phi) is 3.17. The third-order valence-corrected chi connectivity index (χ3v) is 2.55. The molecule has 12 heavy (non-hydrogen) atoms. The Balaban J connectivity index is 5.16. The van der Waals surface area contributed by atoms with E-state index in [0.29, 0.717) is 0 Å². The molecule has 0 aromatic rings. The highest BCUT2D eigenvalue weighted by atomic mass is 31.2. The lowest BCUT2D eigenvalue weighted by Gasteiger charge is -2.21. The molecule has 0 saturated carbocycles. The summed E-state index contributed by atoms with van der Waals surface area (Å²) in [7, 11) is -4.87. The predicted octanol–water partition coefficient (Wildman–Crippen LogP) is -0.520. The van der Waals surface area contributed by atoms with Crippen molar-refractivity contribution in [2.45, 2.75) is 12.2 Å². The molecule has 6 nitrogen and oxygen atoms in total. The molecule has 0 aromatic heterocycles. The fourth-order valence-corrected chi connectivity index (χ4v) is 1.14. The SMILES string of the molecule is C/C=C/C(N)(C(=O)O)P(=O)(O)O. The number of hydrogen-bond acceptors (Lipinski definition) is 3. The number of carbonyl (C=O) groups is 1. The summed E-state index contributed by atoms with van der Waals surface area (Å²) in [6.45, 7) is 1.42. The number of aliphatic carboxylic acids is 1. The summed E-state index contributed by atoms with van der Waals surface area (Å²) in [5.74, 6) is -1.76. The molecule has 0 amide bonds. The molecule has 0 aliphatic carbocycles. The van der Waals surface area contributed by atoms with E-state index in [-0.39, 0.29) is 0 Å². The van der Waals surface area contributed by atoms with Gasteiger partial charge in [0.2, 0.25) is 5.28 Å². The standard InChI is InChI=1S/C5H10NO5P/c1-2-3-5(6,4(7)8)12(9,10)11/h2-3H,6H2,1H3,(H,7,8)(H2,9,10,11)/b3-2+. The molecule has 70 valence electrons. The first-order chi connectivity index (χ1) is 5.25. The Labute approximate surface area is 68.9 Å². The summed E-state index contributed by atoms with van der Waals surface area (Å²) in [5.41, 5.74) is 4.98. The largest absolute Gasteiger partial charge is 0.479 e. The van der Waals surface area contributed by atoms with Crippen LogP contribution in [-0.2, 0) is 9.36 Å². The van der Waals surface area contributed by atoms with Crippen LogP contribution in [0, 0.1) is 0 Å². The molecular formula is C5H10NO5P. The van der Waals surface area contributed by atoms with Gasteiger partial charge in [-0.3, -0.25) is 4.57 Å². The molecule has 0 saturated heterocycles. The van der Waals surface area contributed by atoms with Crippen molar-refractivity contribution in [3.8, 4) is 0 Å². The third-order valence-electron chi connectivity index (χ3n) is 1.25. The minimum Gasteiger partial charge on any atom is -0.479 e. The second-order valence-electron chi connectivity index (χ2n) is 2.17. The summed E-state index contributed by atoms with van der Waals surface area (Å²) < 4.78 is 10.6. The van der Waals surface area contributed by atoms with Crippen LogP contribution in [0.1, 0.15) is 6.92 Å². The second kappa shape index (κ2) is 3.37. The summed E-state index contributed by atoms with van der Waals surface area (Å²) in [5, 5.41) is 5.82. The zero-order valence-corrected chi connectivity index (χ0v) is 7.23. The van der Waals surface area contributed by atoms with Crippen molar-refractivity contribution in [3.05, 3.63) is 12.2 Å². The van der Waals surface area contributed by atoms with Gasteiger partial charge in [-0.2, -0.15) is 0 Å². The maximum absolute atomic E-state index is 10.6. The van der Waals surface area contributed by atoms with Crippen molar-refractivity contribution < 1.29 is 24.3 Å². The second-order valence-corrected chi connectivity index (χ2v) is 4.00. The zero-order valence-electron chi connectivity index (χ0n) is 6.34. The maximum atomic E-state index is 10.6. The van der Waals surface area contributed by atoms with Gasteiger partial charge in [-0.05, 0) is 13.0 Å². The molecule has 0 aromatic carbocycles. The van der Waals surface area contributed by atoms with E-state index < -0.39 is 18.8 Å². The van der Waals surface area contributed by atoms with Gasteiger partial charge in [0.25, 0.3) is 0 Å². The smallest absolute Gasteiger partial charge is 0.360 e. The highest BCUT2D eigenvalue weighted by Crippen LogP contribution is 2.47. The Hall–Kier alpha value is -0.680. The molecular weight excluding hydrogens is 185 g/mol. The molecule has 5 N–H and O–H groups in total. The normalized spacial score (nSPS) is 17.7. The first-order valence-electron chi connectivity index (χ1n) is 2.97. The molecule has 0 aliphatic heterocycles. The fraction of sp³-hybridized carbons (Fsp3) is 0.400. The van der Waals surface area contributed by atoms with Gasteiger partial charge in [0.15, 0.2) is 0 Å². The van der Waals surface area contributed by atoms with Crippen molar-refractivity contribution in [2.24, 2.45) is 5.73 Å². The summed E-state index contributed by atoms with van der Waals surface area (Å²) in [6.07, 6.45) is 1.93. The molecule has 1 atom stereocenters. The maximum Gasteiger partial charge on any atom is 0.360 e. The lowest BCUT2D eigenvalue weighted by molar-refractivity contribution is -0.139. The molecule has 0 fully saturated rings. The molecule has 7 heteroatoms. The van der Waals surface area contributed by atoms with Gasteiger partial charge in [0, 0.05) is 0 Å². The first kappa shape index (κ1) is 11.3. The predicted molar refractivity (Wildman–Crippen MR) is 41.4 cm³/mol. The monoisotopic (exact) mass is 195 g/mol. The first-order valence-corrected chi connectivity index (χ1v) is 4.58. The van der Waals surface area contributed by atoms with E-state index in [1.807, 2.05) is 0 Å². The third kappa shape index (κ3) is 1.92. The lowest BCUT2D eigenvalue weighted by Crippen LogP contribution is -2.45. The van der Waals surface area contributed by atoms with Crippen molar-refractivity contribution in [2.75, 3.05) is 0 Å². The summed E-state index contributed by atoms with van der Waals surface area (Å²) in [4.78, 5) is 27.6. The number of carboxylic acid groups (broad SMARTS) is 1. The van der Waals surface area contributed by atoms with E-state index in [2.05, 4.69) is 0 Å². The highest BCUT2D eigenvalue weighted by molar-refractivity contribution is 7.55. The van der Waals surface area contributed by atoms with E-state index in [4.69, 9.17) is 20.6 Å². The highest BCUT2D eigenvalue weighted by Gasteiger charge is 2.48. The molecule has 0 aliphatic rings. The Morgan fingerprint density at radius 1 is 1.58 bits per heavy atom. The van der Waals surface area contributed by atoms with E-state index >= 15 is 0 Å². The van der Waals surface area contributed by atoms with Crippen molar-refractivity contribution in [3.63, 3.8) is 0 Å². The number of rotatable bonds is 3. The molecule has 1 unspecified atom stereocenters. The van der Waals surface area contributed by atoms with E-state index in [1.165, 1.54) is 13.0 Å². The Morgan fingerprint density at radius 3 is 2.08 bits per heavy atom. The van der Waals surface area contributed by atoms with E-state index in [9.17, 15) is 9.36 Å². The number of allylic oxidation sites excluding steroid dienone is 1. The minimum atomic E-state index is -4.87. The molecule has 0 bridgehead atoms. The van der Waals surface area contributed by atoms with Crippen LogP contribution in [0.15, 0.2) is 12.2 Å². The van der Waals surface area contributed by atoms with Gasteiger partial charge in [0.05, 0.1) is 0 Å². The quantitative estimate of drug-likeness (QED) is 0.355. The molecule has 0 heterocycles. The van der Waals surface area contributed by atoms with Crippen LogP contribution in [0.5, 0.6) is 0 Å². The average molecular weight is 195 g/mol. The van der Waals surface area contributed by atoms with Crippen LogP contribution in [0.2, 0.25) is 0 Å². The van der Waals surface area contributed by atoms with Gasteiger partial charge in [-0.1, -0.05) is 6.08 Å². The number of nitrogens with two attached hydrogens (primary N) is 1. The Morgan fingerprint density at radius 2 is 2.00 bits per heavy atom. The van der Waals surface area contributed by atoms with Gasteiger partial charge in [-0.25, -0.2) is 4.79 Å². The topological polar surface area (TPSA) is 121 Å². The van der Waals surface area contributed by atoms with Crippen molar-refractivity contribution in [1.29, 1.82) is 0 Å². The zero-order chi connectivity index (χ0) is 9.99. The van der Waals surface area contributed by atoms with Gasteiger partial charge in [-0.15, -0.1) is 0 Å². The van der Waals surface area contributed by atoms with Crippen molar-refractivity contribution >= 4 is 13.6 Å². The van der Waals surface area contributed by atoms with Crippen LogP contribution < -0.4 is 5.73 Å².